The molecule has 3 amide bonds. The maximum Gasteiger partial charge on any atom is 0.317 e. The van der Waals surface area contributed by atoms with Crippen LogP contribution in [0.25, 0.3) is 0 Å². The standard InChI is InChI=1S/C18H30N6O2/c1-14(2)20-17(26)24-6-5-23(10-15-8-19-22(4)9-15)12-18(13-24)7-16(25)21(3)11-18/h8-9,14H,5-7,10-13H2,1-4H3,(H,20,26)/t18-/m1/s1. The van der Waals surface area contributed by atoms with Gasteiger partial charge in [0.25, 0.3) is 0 Å². The third-order valence-electron chi connectivity index (χ3n) is 5.16. The van der Waals surface area contributed by atoms with Crippen molar-refractivity contribution in [2.45, 2.75) is 32.9 Å². The highest BCUT2D eigenvalue weighted by molar-refractivity contribution is 5.80. The Hall–Kier alpha value is -2.09. The van der Waals surface area contributed by atoms with Gasteiger partial charge >= 0.3 is 6.03 Å². The molecule has 26 heavy (non-hydrogen) atoms. The molecule has 0 saturated carbocycles. The number of carbonyl (C=O) groups is 2. The number of rotatable bonds is 3. The number of urea groups is 1. The number of carbonyl (C=O) groups excluding carboxylic acids is 2. The molecule has 8 heteroatoms. The molecule has 8 nitrogen and oxygen atoms in total. The molecule has 0 aromatic carbocycles. The molecule has 2 aliphatic rings. The van der Waals surface area contributed by atoms with Crippen molar-refractivity contribution in [3.05, 3.63) is 18.0 Å². The van der Waals surface area contributed by atoms with Crippen molar-refractivity contribution in [3.63, 3.8) is 0 Å². The lowest BCUT2D eigenvalue weighted by Gasteiger charge is -2.33. The van der Waals surface area contributed by atoms with Crippen molar-refractivity contribution >= 4 is 11.9 Å². The number of amides is 3. The third kappa shape index (κ3) is 4.17. The lowest BCUT2D eigenvalue weighted by molar-refractivity contribution is -0.126. The fourth-order valence-corrected chi connectivity index (χ4v) is 4.12. The second-order valence-electron chi connectivity index (χ2n) is 8.19. The SMILES string of the molecule is CC(C)NC(=O)N1CCN(Cc2cnn(C)c2)C[C@]2(CC(=O)N(C)C2)C1. The molecule has 1 aromatic heterocycles. The summed E-state index contributed by atoms with van der Waals surface area (Å²) in [6.07, 6.45) is 4.40. The van der Waals surface area contributed by atoms with Gasteiger partial charge in [-0.15, -0.1) is 0 Å². The minimum atomic E-state index is -0.209. The van der Waals surface area contributed by atoms with E-state index in [1.807, 2.05) is 45.2 Å². The second-order valence-corrected chi connectivity index (χ2v) is 8.19. The number of aryl methyl sites for hydroxylation is 1. The molecule has 2 fully saturated rings. The Bertz CT molecular complexity index is 672. The Morgan fingerprint density at radius 2 is 2.04 bits per heavy atom. The van der Waals surface area contributed by atoms with Gasteiger partial charge < -0.3 is 15.1 Å². The molecule has 3 heterocycles. The van der Waals surface area contributed by atoms with E-state index in [2.05, 4.69) is 15.3 Å². The Balaban J connectivity index is 1.78. The molecule has 0 bridgehead atoms. The summed E-state index contributed by atoms with van der Waals surface area (Å²) in [6.45, 7) is 8.29. The quantitative estimate of drug-likeness (QED) is 0.850. The van der Waals surface area contributed by atoms with Gasteiger partial charge in [-0.3, -0.25) is 14.4 Å². The first-order valence-electron chi connectivity index (χ1n) is 9.26. The minimum Gasteiger partial charge on any atom is -0.345 e. The molecule has 1 atom stereocenters. The fourth-order valence-electron chi connectivity index (χ4n) is 4.12. The van der Waals surface area contributed by atoms with Crippen LogP contribution in [0.15, 0.2) is 12.4 Å². The van der Waals surface area contributed by atoms with Crippen LogP contribution in [0.5, 0.6) is 0 Å². The van der Waals surface area contributed by atoms with E-state index in [0.717, 1.165) is 25.2 Å². The van der Waals surface area contributed by atoms with Gasteiger partial charge in [0.2, 0.25) is 5.91 Å². The summed E-state index contributed by atoms with van der Waals surface area (Å²) < 4.78 is 1.80. The zero-order valence-electron chi connectivity index (χ0n) is 16.2. The summed E-state index contributed by atoms with van der Waals surface area (Å²) >= 11 is 0. The first-order chi connectivity index (χ1) is 12.3. The Labute approximate surface area is 155 Å². The second kappa shape index (κ2) is 7.26. The number of nitrogens with zero attached hydrogens (tertiary/aromatic N) is 5. The predicted molar refractivity (Wildman–Crippen MR) is 98.4 cm³/mol. The van der Waals surface area contributed by atoms with E-state index in [9.17, 15) is 9.59 Å². The maximum absolute atomic E-state index is 12.6. The van der Waals surface area contributed by atoms with Crippen LogP contribution in [0.3, 0.4) is 0 Å². The van der Waals surface area contributed by atoms with Crippen molar-refractivity contribution in [1.82, 2.24) is 29.8 Å². The Morgan fingerprint density at radius 3 is 2.62 bits per heavy atom. The number of hydrogen-bond donors (Lipinski definition) is 1. The van der Waals surface area contributed by atoms with Crippen molar-refractivity contribution in [1.29, 1.82) is 0 Å². The molecule has 1 aromatic rings. The first-order valence-corrected chi connectivity index (χ1v) is 9.26. The average Bonchev–Trinajstić information content (AvgIpc) is 2.99. The van der Waals surface area contributed by atoms with Crippen LogP contribution in [-0.4, -0.2) is 82.2 Å². The molecule has 2 aliphatic heterocycles. The third-order valence-corrected chi connectivity index (χ3v) is 5.16. The van der Waals surface area contributed by atoms with E-state index >= 15 is 0 Å². The van der Waals surface area contributed by atoms with E-state index in [1.54, 1.807) is 9.58 Å². The maximum atomic E-state index is 12.6. The highest BCUT2D eigenvalue weighted by Gasteiger charge is 2.46. The summed E-state index contributed by atoms with van der Waals surface area (Å²) in [5.74, 6) is 0.164. The molecule has 2 saturated heterocycles. The molecular formula is C18H30N6O2. The van der Waals surface area contributed by atoms with E-state index in [0.29, 0.717) is 26.1 Å². The number of aromatic nitrogens is 2. The number of likely N-dealkylation sites (tertiary alicyclic amines) is 1. The molecule has 0 radical (unpaired) electrons. The van der Waals surface area contributed by atoms with Crippen molar-refractivity contribution in [2.75, 3.05) is 39.8 Å². The summed E-state index contributed by atoms with van der Waals surface area (Å²) in [5.41, 5.74) is 0.944. The fraction of sp³-hybridized carbons (Fsp3) is 0.722. The van der Waals surface area contributed by atoms with Crippen LogP contribution in [0.2, 0.25) is 0 Å². The van der Waals surface area contributed by atoms with Gasteiger partial charge in [-0.1, -0.05) is 0 Å². The van der Waals surface area contributed by atoms with Gasteiger partial charge in [0.05, 0.1) is 6.20 Å². The molecule has 0 unspecified atom stereocenters. The van der Waals surface area contributed by atoms with Gasteiger partial charge in [0, 0.05) is 83.0 Å². The smallest absolute Gasteiger partial charge is 0.317 e. The van der Waals surface area contributed by atoms with Gasteiger partial charge in [0.15, 0.2) is 0 Å². The van der Waals surface area contributed by atoms with E-state index < -0.39 is 0 Å². The minimum absolute atomic E-state index is 0.0374. The van der Waals surface area contributed by atoms with Crippen molar-refractivity contribution in [3.8, 4) is 0 Å². The van der Waals surface area contributed by atoms with E-state index in [4.69, 9.17) is 0 Å². The molecule has 3 rings (SSSR count). The summed E-state index contributed by atoms with van der Waals surface area (Å²) in [7, 11) is 3.77. The lowest BCUT2D eigenvalue weighted by Crippen LogP contribution is -2.48. The number of hydrogen-bond acceptors (Lipinski definition) is 4. The average molecular weight is 362 g/mol. The zero-order chi connectivity index (χ0) is 18.9. The summed E-state index contributed by atoms with van der Waals surface area (Å²) in [6, 6.07) is 0.0608. The van der Waals surface area contributed by atoms with Crippen molar-refractivity contribution in [2.24, 2.45) is 12.5 Å². The van der Waals surface area contributed by atoms with Gasteiger partial charge in [0.1, 0.15) is 0 Å². The lowest BCUT2D eigenvalue weighted by atomic mass is 9.86. The van der Waals surface area contributed by atoms with Gasteiger partial charge in [-0.25, -0.2) is 4.79 Å². The predicted octanol–water partition coefficient (Wildman–Crippen LogP) is 0.504. The van der Waals surface area contributed by atoms with Gasteiger partial charge in [-0.2, -0.15) is 5.10 Å². The summed E-state index contributed by atoms with van der Waals surface area (Å²) in [5, 5.41) is 7.24. The molecule has 1 spiro atoms. The first kappa shape index (κ1) is 18.7. The van der Waals surface area contributed by atoms with Crippen LogP contribution in [-0.2, 0) is 18.4 Å². The zero-order valence-corrected chi connectivity index (χ0v) is 16.2. The largest absolute Gasteiger partial charge is 0.345 e. The van der Waals surface area contributed by atoms with Crippen molar-refractivity contribution < 1.29 is 9.59 Å². The monoisotopic (exact) mass is 362 g/mol. The molecule has 1 N–H and O–H groups in total. The van der Waals surface area contributed by atoms with Gasteiger partial charge in [-0.05, 0) is 13.8 Å². The molecular weight excluding hydrogens is 332 g/mol. The molecule has 0 aliphatic carbocycles. The highest BCUT2D eigenvalue weighted by Crippen LogP contribution is 2.34. The van der Waals surface area contributed by atoms with E-state index in [1.165, 1.54) is 0 Å². The Kier molecular flexibility index (Phi) is 5.22. The summed E-state index contributed by atoms with van der Waals surface area (Å²) in [4.78, 5) is 30.9. The normalized spacial score (nSPS) is 24.6. The van der Waals surface area contributed by atoms with Crippen LogP contribution >= 0.6 is 0 Å². The van der Waals surface area contributed by atoms with Crippen LogP contribution < -0.4 is 5.32 Å². The highest BCUT2D eigenvalue weighted by atomic mass is 16.2. The van der Waals surface area contributed by atoms with Crippen LogP contribution in [0, 0.1) is 5.41 Å². The Morgan fingerprint density at radius 1 is 1.27 bits per heavy atom. The number of nitrogens with one attached hydrogen (secondary N) is 1. The van der Waals surface area contributed by atoms with Crippen LogP contribution in [0.1, 0.15) is 25.8 Å². The van der Waals surface area contributed by atoms with E-state index in [-0.39, 0.29) is 23.4 Å². The van der Waals surface area contributed by atoms with Crippen LogP contribution in [0.4, 0.5) is 4.79 Å². The topological polar surface area (TPSA) is 73.7 Å². The molecule has 144 valence electrons.